The van der Waals surface area contributed by atoms with Gasteiger partial charge < -0.3 is 15.5 Å². The van der Waals surface area contributed by atoms with Crippen molar-refractivity contribution < 1.29 is 15.0 Å². The number of phenols is 2. The lowest BCUT2D eigenvalue weighted by Gasteiger charge is -2.58. The third kappa shape index (κ3) is 2.69. The lowest BCUT2D eigenvalue weighted by atomic mass is 9.47. The fourth-order valence-corrected chi connectivity index (χ4v) is 6.32. The average Bonchev–Trinajstić information content (AvgIpc) is 2.57. The summed E-state index contributed by atoms with van der Waals surface area (Å²) in [6, 6.07) is 3.19. The molecule has 1 aliphatic heterocycles. The van der Waals surface area contributed by atoms with Gasteiger partial charge in [0.2, 0.25) is 5.91 Å². The van der Waals surface area contributed by atoms with E-state index in [4.69, 9.17) is 0 Å². The standard InChI is InChI=1S/C22H33NO3/c1-13-11-15(24)12-16(25)19(13)22(6)9-7-17-20(3,4)23-18(26)8-10-21(17,5)14(22)2/h11-12,14,17,24-25H,7-10H2,1-6H3,(H,23,26)/t14-,17+,21-,22-/m0/s1. The number of benzene rings is 1. The molecule has 1 heterocycles. The van der Waals surface area contributed by atoms with Crippen molar-refractivity contribution >= 4 is 5.91 Å². The lowest BCUT2D eigenvalue weighted by Crippen LogP contribution is -2.58. The number of carbonyl (C=O) groups is 1. The average molecular weight is 360 g/mol. The highest BCUT2D eigenvalue weighted by Gasteiger charge is 2.57. The highest BCUT2D eigenvalue weighted by Crippen LogP contribution is 2.61. The van der Waals surface area contributed by atoms with Gasteiger partial charge in [-0.25, -0.2) is 0 Å². The van der Waals surface area contributed by atoms with Crippen molar-refractivity contribution in [3.05, 3.63) is 23.3 Å². The predicted octanol–water partition coefficient (Wildman–Crippen LogP) is 4.40. The van der Waals surface area contributed by atoms with Gasteiger partial charge in [0, 0.05) is 23.6 Å². The molecule has 4 atom stereocenters. The lowest BCUT2D eigenvalue weighted by molar-refractivity contribution is -0.122. The first-order valence-corrected chi connectivity index (χ1v) is 9.76. The normalized spacial score (nSPS) is 36.8. The van der Waals surface area contributed by atoms with Gasteiger partial charge >= 0.3 is 0 Å². The molecular formula is C22H33NO3. The molecule has 0 unspecified atom stereocenters. The molecular weight excluding hydrogens is 326 g/mol. The monoisotopic (exact) mass is 359 g/mol. The summed E-state index contributed by atoms with van der Waals surface area (Å²) in [5.74, 6) is 1.11. The van der Waals surface area contributed by atoms with E-state index in [0.717, 1.165) is 30.4 Å². The van der Waals surface area contributed by atoms with Crippen LogP contribution in [0.15, 0.2) is 12.1 Å². The molecule has 0 bridgehead atoms. The molecule has 1 amide bonds. The van der Waals surface area contributed by atoms with Crippen LogP contribution in [0.3, 0.4) is 0 Å². The van der Waals surface area contributed by atoms with Gasteiger partial charge in [-0.2, -0.15) is 0 Å². The van der Waals surface area contributed by atoms with Crippen LogP contribution in [0.5, 0.6) is 11.5 Å². The third-order valence-electron chi connectivity index (χ3n) is 7.79. The Balaban J connectivity index is 2.11. The van der Waals surface area contributed by atoms with Crippen LogP contribution in [-0.2, 0) is 10.2 Å². The summed E-state index contributed by atoms with van der Waals surface area (Å²) < 4.78 is 0. The van der Waals surface area contributed by atoms with E-state index < -0.39 is 0 Å². The first kappa shape index (κ1) is 19.1. The summed E-state index contributed by atoms with van der Waals surface area (Å²) in [5, 5.41) is 23.7. The minimum absolute atomic E-state index is 0.00751. The van der Waals surface area contributed by atoms with Crippen LogP contribution >= 0.6 is 0 Å². The van der Waals surface area contributed by atoms with Crippen LogP contribution in [0, 0.1) is 24.2 Å². The van der Waals surface area contributed by atoms with E-state index in [1.807, 2.05) is 6.92 Å². The molecule has 1 aromatic carbocycles. The van der Waals surface area contributed by atoms with E-state index in [1.54, 1.807) is 6.07 Å². The van der Waals surface area contributed by atoms with E-state index in [2.05, 4.69) is 39.9 Å². The fourth-order valence-electron chi connectivity index (χ4n) is 6.32. The van der Waals surface area contributed by atoms with Gasteiger partial charge in [0.25, 0.3) is 0 Å². The molecule has 0 spiro atoms. The second-order valence-corrected chi connectivity index (χ2v) is 9.66. The highest BCUT2D eigenvalue weighted by molar-refractivity contribution is 5.77. The van der Waals surface area contributed by atoms with Gasteiger partial charge in [0.1, 0.15) is 11.5 Å². The molecule has 2 fully saturated rings. The molecule has 4 nitrogen and oxygen atoms in total. The zero-order chi connectivity index (χ0) is 19.5. The second-order valence-electron chi connectivity index (χ2n) is 9.66. The van der Waals surface area contributed by atoms with E-state index in [9.17, 15) is 15.0 Å². The van der Waals surface area contributed by atoms with Crippen LogP contribution in [0.1, 0.15) is 71.4 Å². The van der Waals surface area contributed by atoms with Gasteiger partial charge in [-0.1, -0.05) is 20.8 Å². The van der Waals surface area contributed by atoms with Crippen molar-refractivity contribution in [2.75, 3.05) is 0 Å². The number of amides is 1. The molecule has 26 heavy (non-hydrogen) atoms. The van der Waals surface area contributed by atoms with Gasteiger partial charge in [-0.15, -0.1) is 0 Å². The van der Waals surface area contributed by atoms with Crippen molar-refractivity contribution in [1.82, 2.24) is 5.32 Å². The number of aromatic hydroxyl groups is 2. The SMILES string of the molecule is Cc1cc(O)cc(O)c1[C@@]1(C)CC[C@@H]2C(C)(C)NC(=O)CC[C@@]2(C)[C@@H]1C. The Kier molecular flexibility index (Phi) is 4.33. The van der Waals surface area contributed by atoms with Crippen molar-refractivity contribution in [1.29, 1.82) is 0 Å². The molecule has 2 aliphatic rings. The van der Waals surface area contributed by atoms with Gasteiger partial charge in [0.15, 0.2) is 0 Å². The molecule has 144 valence electrons. The first-order valence-electron chi connectivity index (χ1n) is 9.76. The number of carbonyl (C=O) groups excluding carboxylic acids is 1. The van der Waals surface area contributed by atoms with Gasteiger partial charge in [-0.3, -0.25) is 4.79 Å². The zero-order valence-electron chi connectivity index (χ0n) is 16.9. The summed E-state index contributed by atoms with van der Waals surface area (Å²) in [7, 11) is 0. The van der Waals surface area contributed by atoms with Gasteiger partial charge in [-0.05, 0) is 74.3 Å². The zero-order valence-corrected chi connectivity index (χ0v) is 16.9. The fraction of sp³-hybridized carbons (Fsp3) is 0.682. The van der Waals surface area contributed by atoms with Crippen LogP contribution < -0.4 is 5.32 Å². The van der Waals surface area contributed by atoms with Crippen LogP contribution in [-0.4, -0.2) is 21.7 Å². The minimum atomic E-state index is -0.232. The largest absolute Gasteiger partial charge is 0.508 e. The highest BCUT2D eigenvalue weighted by atomic mass is 16.3. The van der Waals surface area contributed by atoms with Gasteiger partial charge in [0.05, 0.1) is 0 Å². The number of nitrogens with one attached hydrogen (secondary N) is 1. The molecule has 1 aromatic rings. The summed E-state index contributed by atoms with van der Waals surface area (Å²) in [5.41, 5.74) is 1.44. The number of aryl methyl sites for hydroxylation is 1. The molecule has 1 aliphatic carbocycles. The topological polar surface area (TPSA) is 69.6 Å². The van der Waals surface area contributed by atoms with E-state index in [0.29, 0.717) is 12.3 Å². The van der Waals surface area contributed by atoms with E-state index in [-0.39, 0.29) is 39.7 Å². The maximum Gasteiger partial charge on any atom is 0.220 e. The Morgan fingerprint density at radius 2 is 1.77 bits per heavy atom. The predicted molar refractivity (Wildman–Crippen MR) is 103 cm³/mol. The summed E-state index contributed by atoms with van der Waals surface area (Å²) in [4.78, 5) is 12.3. The number of fused-ring (bicyclic) bond motifs is 1. The smallest absolute Gasteiger partial charge is 0.220 e. The number of rotatable bonds is 1. The molecule has 0 aromatic heterocycles. The van der Waals surface area contributed by atoms with Crippen LogP contribution in [0.25, 0.3) is 0 Å². The molecule has 3 N–H and O–H groups in total. The van der Waals surface area contributed by atoms with Crippen LogP contribution in [0.2, 0.25) is 0 Å². The number of phenolic OH excluding ortho intramolecular Hbond substituents is 2. The van der Waals surface area contributed by atoms with Crippen molar-refractivity contribution in [3.8, 4) is 11.5 Å². The minimum Gasteiger partial charge on any atom is -0.508 e. The number of hydrogen-bond donors (Lipinski definition) is 3. The van der Waals surface area contributed by atoms with Crippen LogP contribution in [0.4, 0.5) is 0 Å². The molecule has 0 radical (unpaired) electrons. The summed E-state index contributed by atoms with van der Waals surface area (Å²) >= 11 is 0. The maximum atomic E-state index is 12.3. The Labute approximate surface area is 157 Å². The number of hydrogen-bond acceptors (Lipinski definition) is 3. The van der Waals surface area contributed by atoms with Crippen molar-refractivity contribution in [3.63, 3.8) is 0 Å². The van der Waals surface area contributed by atoms with Crippen molar-refractivity contribution in [2.24, 2.45) is 17.3 Å². The quantitative estimate of drug-likeness (QED) is 0.696. The van der Waals surface area contributed by atoms with E-state index >= 15 is 0 Å². The second kappa shape index (κ2) is 5.90. The molecule has 1 saturated carbocycles. The molecule has 4 heteroatoms. The Morgan fingerprint density at radius 1 is 1.12 bits per heavy atom. The third-order valence-corrected chi connectivity index (χ3v) is 7.79. The Bertz CT molecular complexity index is 718. The summed E-state index contributed by atoms with van der Waals surface area (Å²) in [6.07, 6.45) is 3.37. The molecule has 1 saturated heterocycles. The first-order chi connectivity index (χ1) is 11.9. The Hall–Kier alpha value is -1.71. The Morgan fingerprint density at radius 3 is 2.38 bits per heavy atom. The molecule has 3 rings (SSSR count). The summed E-state index contributed by atoms with van der Waals surface area (Å²) in [6.45, 7) is 13.1. The van der Waals surface area contributed by atoms with Crippen molar-refractivity contribution in [2.45, 2.75) is 78.2 Å². The van der Waals surface area contributed by atoms with E-state index in [1.165, 1.54) is 6.07 Å². The maximum absolute atomic E-state index is 12.3.